The predicted octanol–water partition coefficient (Wildman–Crippen LogP) is 3.42. The molecule has 0 spiro atoms. The molecule has 2 aromatic rings. The minimum absolute atomic E-state index is 0.0964. The molecule has 6 nitrogen and oxygen atoms in total. The number of hydrogen-bond donors (Lipinski definition) is 1. The van der Waals surface area contributed by atoms with E-state index in [-0.39, 0.29) is 12.5 Å². The van der Waals surface area contributed by atoms with E-state index in [0.29, 0.717) is 30.6 Å². The Morgan fingerprint density at radius 1 is 1.19 bits per heavy atom. The van der Waals surface area contributed by atoms with Gasteiger partial charge < -0.3 is 14.2 Å². The van der Waals surface area contributed by atoms with Crippen molar-refractivity contribution in [3.8, 4) is 17.2 Å². The first-order chi connectivity index (χ1) is 13.0. The predicted molar refractivity (Wildman–Crippen MR) is 104 cm³/mol. The van der Waals surface area contributed by atoms with Gasteiger partial charge in [0.1, 0.15) is 19.0 Å². The second-order valence-electron chi connectivity index (χ2n) is 6.66. The second-order valence-corrected chi connectivity index (χ2v) is 6.66. The molecule has 1 amide bonds. The first-order valence-electron chi connectivity index (χ1n) is 8.98. The van der Waals surface area contributed by atoms with Gasteiger partial charge >= 0.3 is 0 Å². The van der Waals surface area contributed by atoms with Gasteiger partial charge in [0.25, 0.3) is 5.91 Å². The fourth-order valence-corrected chi connectivity index (χ4v) is 2.63. The van der Waals surface area contributed by atoms with Crippen LogP contribution in [0.25, 0.3) is 0 Å². The Balaban J connectivity index is 1.53. The SMILES string of the molecule is Cc1ccc(C(C)C)cc1OCC(=O)N/N=C\c1ccc2c(c1)OCCO2. The summed E-state index contributed by atoms with van der Waals surface area (Å²) in [5.74, 6) is 2.19. The largest absolute Gasteiger partial charge is 0.486 e. The monoisotopic (exact) mass is 368 g/mol. The van der Waals surface area contributed by atoms with Crippen molar-refractivity contribution in [2.45, 2.75) is 26.7 Å². The van der Waals surface area contributed by atoms with Gasteiger partial charge in [-0.05, 0) is 53.8 Å². The third-order valence-electron chi connectivity index (χ3n) is 4.21. The Hall–Kier alpha value is -3.02. The van der Waals surface area contributed by atoms with Gasteiger partial charge in [-0.2, -0.15) is 5.10 Å². The summed E-state index contributed by atoms with van der Waals surface area (Å²) >= 11 is 0. The lowest BCUT2D eigenvalue weighted by Crippen LogP contribution is -2.24. The highest BCUT2D eigenvalue weighted by atomic mass is 16.6. The third kappa shape index (κ3) is 5.00. The Morgan fingerprint density at radius 3 is 2.74 bits per heavy atom. The van der Waals surface area contributed by atoms with Gasteiger partial charge in [-0.15, -0.1) is 0 Å². The van der Waals surface area contributed by atoms with E-state index in [2.05, 4.69) is 30.4 Å². The Morgan fingerprint density at radius 2 is 1.96 bits per heavy atom. The molecule has 27 heavy (non-hydrogen) atoms. The number of fused-ring (bicyclic) bond motifs is 1. The molecule has 0 aromatic heterocycles. The first kappa shape index (κ1) is 18.8. The summed E-state index contributed by atoms with van der Waals surface area (Å²) in [5, 5.41) is 3.97. The number of carbonyl (C=O) groups is 1. The van der Waals surface area contributed by atoms with Crippen molar-refractivity contribution in [2.75, 3.05) is 19.8 Å². The van der Waals surface area contributed by atoms with Crippen molar-refractivity contribution in [3.05, 3.63) is 53.1 Å². The van der Waals surface area contributed by atoms with Gasteiger partial charge in [0.15, 0.2) is 18.1 Å². The van der Waals surface area contributed by atoms with Crippen LogP contribution in [0.4, 0.5) is 0 Å². The smallest absolute Gasteiger partial charge is 0.277 e. The van der Waals surface area contributed by atoms with Crippen molar-refractivity contribution >= 4 is 12.1 Å². The number of hydrogen-bond acceptors (Lipinski definition) is 5. The second kappa shape index (κ2) is 8.58. The fraction of sp³-hybridized carbons (Fsp3) is 0.333. The average molecular weight is 368 g/mol. The quantitative estimate of drug-likeness (QED) is 0.627. The number of rotatable bonds is 6. The van der Waals surface area contributed by atoms with Crippen LogP contribution < -0.4 is 19.6 Å². The van der Waals surface area contributed by atoms with Gasteiger partial charge in [-0.25, -0.2) is 5.43 Å². The molecular formula is C21H24N2O4. The van der Waals surface area contributed by atoms with Crippen molar-refractivity contribution in [3.63, 3.8) is 0 Å². The maximum absolute atomic E-state index is 12.0. The van der Waals surface area contributed by atoms with Gasteiger partial charge in [-0.3, -0.25) is 4.79 Å². The van der Waals surface area contributed by atoms with E-state index in [4.69, 9.17) is 14.2 Å². The van der Waals surface area contributed by atoms with E-state index in [1.165, 1.54) is 5.56 Å². The number of carbonyl (C=O) groups excluding carboxylic acids is 1. The standard InChI is InChI=1S/C21H24N2O4/c1-14(2)17-6-4-15(3)19(11-17)27-13-21(24)23-22-12-16-5-7-18-20(10-16)26-9-8-25-18/h4-7,10-12,14H,8-9,13H2,1-3H3,(H,23,24)/b22-12-. The van der Waals surface area contributed by atoms with Gasteiger partial charge in [0.05, 0.1) is 6.21 Å². The number of nitrogens with zero attached hydrogens (tertiary/aromatic N) is 1. The molecule has 142 valence electrons. The number of ether oxygens (including phenoxy) is 3. The normalized spacial score (nSPS) is 13.0. The van der Waals surface area contributed by atoms with E-state index in [9.17, 15) is 4.79 Å². The van der Waals surface area contributed by atoms with Crippen LogP contribution in [0, 0.1) is 6.92 Å². The molecule has 1 aliphatic rings. The van der Waals surface area contributed by atoms with Crippen LogP contribution in [0.5, 0.6) is 17.2 Å². The first-order valence-corrected chi connectivity index (χ1v) is 8.98. The summed E-state index contributed by atoms with van der Waals surface area (Å²) in [7, 11) is 0. The highest BCUT2D eigenvalue weighted by Crippen LogP contribution is 2.30. The minimum Gasteiger partial charge on any atom is -0.486 e. The van der Waals surface area contributed by atoms with Crippen molar-refractivity contribution in [1.29, 1.82) is 0 Å². The van der Waals surface area contributed by atoms with E-state index in [0.717, 1.165) is 16.9 Å². The van der Waals surface area contributed by atoms with Gasteiger partial charge in [0, 0.05) is 0 Å². The zero-order chi connectivity index (χ0) is 19.2. The van der Waals surface area contributed by atoms with Crippen LogP contribution >= 0.6 is 0 Å². The molecule has 1 heterocycles. The van der Waals surface area contributed by atoms with Crippen molar-refractivity contribution < 1.29 is 19.0 Å². The molecule has 0 radical (unpaired) electrons. The van der Waals surface area contributed by atoms with E-state index in [1.54, 1.807) is 6.21 Å². The van der Waals surface area contributed by atoms with Gasteiger partial charge in [-0.1, -0.05) is 26.0 Å². The van der Waals surface area contributed by atoms with E-state index < -0.39 is 0 Å². The molecular weight excluding hydrogens is 344 g/mol. The lowest BCUT2D eigenvalue weighted by Gasteiger charge is -2.18. The molecule has 0 saturated carbocycles. The van der Waals surface area contributed by atoms with E-state index >= 15 is 0 Å². The summed E-state index contributed by atoms with van der Waals surface area (Å²) in [5.41, 5.74) is 5.44. The van der Waals surface area contributed by atoms with Crippen molar-refractivity contribution in [2.24, 2.45) is 5.10 Å². The zero-order valence-corrected chi connectivity index (χ0v) is 15.8. The number of amides is 1. The lowest BCUT2D eigenvalue weighted by molar-refractivity contribution is -0.123. The summed E-state index contributed by atoms with van der Waals surface area (Å²) in [6.45, 7) is 7.18. The number of benzene rings is 2. The molecule has 0 saturated heterocycles. The molecule has 0 fully saturated rings. The highest BCUT2D eigenvalue weighted by molar-refractivity contribution is 5.83. The summed E-state index contributed by atoms with van der Waals surface area (Å²) < 4.78 is 16.6. The minimum atomic E-state index is -0.321. The molecule has 6 heteroatoms. The van der Waals surface area contributed by atoms with E-state index in [1.807, 2.05) is 37.3 Å². The molecule has 1 aliphatic heterocycles. The van der Waals surface area contributed by atoms with Crippen LogP contribution in [0.1, 0.15) is 36.5 Å². The zero-order valence-electron chi connectivity index (χ0n) is 15.8. The Labute approximate surface area is 159 Å². The van der Waals surface area contributed by atoms with Crippen LogP contribution in [0.2, 0.25) is 0 Å². The molecule has 0 atom stereocenters. The number of nitrogens with one attached hydrogen (secondary N) is 1. The Bertz CT molecular complexity index is 846. The van der Waals surface area contributed by atoms with Crippen molar-refractivity contribution in [1.82, 2.24) is 5.43 Å². The maximum atomic E-state index is 12.0. The molecule has 2 aromatic carbocycles. The fourth-order valence-electron chi connectivity index (χ4n) is 2.63. The molecule has 3 rings (SSSR count). The lowest BCUT2D eigenvalue weighted by atomic mass is 10.0. The topological polar surface area (TPSA) is 69.2 Å². The van der Waals surface area contributed by atoms with Crippen LogP contribution in [-0.4, -0.2) is 31.9 Å². The summed E-state index contributed by atoms with van der Waals surface area (Å²) in [6, 6.07) is 11.5. The molecule has 0 unspecified atom stereocenters. The van der Waals surface area contributed by atoms with Crippen LogP contribution in [-0.2, 0) is 4.79 Å². The Kier molecular flexibility index (Phi) is 5.96. The molecule has 0 bridgehead atoms. The maximum Gasteiger partial charge on any atom is 0.277 e. The summed E-state index contributed by atoms with van der Waals surface area (Å²) in [6.07, 6.45) is 1.56. The number of hydrazone groups is 1. The highest BCUT2D eigenvalue weighted by Gasteiger charge is 2.11. The summed E-state index contributed by atoms with van der Waals surface area (Å²) in [4.78, 5) is 12.0. The molecule has 0 aliphatic carbocycles. The van der Waals surface area contributed by atoms with Crippen LogP contribution in [0.3, 0.4) is 0 Å². The average Bonchev–Trinajstić information content (AvgIpc) is 2.67. The number of aryl methyl sites for hydroxylation is 1. The van der Waals surface area contributed by atoms with Crippen LogP contribution in [0.15, 0.2) is 41.5 Å². The van der Waals surface area contributed by atoms with Gasteiger partial charge in [0.2, 0.25) is 0 Å². The molecule has 1 N–H and O–H groups in total. The third-order valence-corrected chi connectivity index (χ3v) is 4.21.